The fourth-order valence-corrected chi connectivity index (χ4v) is 7.89. The Kier molecular flexibility index (Phi) is 39.0. The molecule has 0 saturated carbocycles. The molecule has 0 aromatic heterocycles. The van der Waals surface area contributed by atoms with Crippen LogP contribution in [0.1, 0.15) is 226 Å². The minimum absolute atomic E-state index is 0.188. The van der Waals surface area contributed by atoms with Gasteiger partial charge in [0.2, 0.25) is 5.91 Å². The Bertz CT molecular complexity index is 1030. The van der Waals surface area contributed by atoms with Crippen molar-refractivity contribution in [2.45, 2.75) is 269 Å². The van der Waals surface area contributed by atoms with Crippen molar-refractivity contribution in [2.75, 3.05) is 13.2 Å². The monoisotopic (exact) mass is 850 g/mol. The highest BCUT2D eigenvalue weighted by atomic mass is 16.7. The van der Waals surface area contributed by atoms with Crippen molar-refractivity contribution in [2.24, 2.45) is 0 Å². The first kappa shape index (κ1) is 56.4. The van der Waals surface area contributed by atoms with Gasteiger partial charge in [0.05, 0.1) is 25.4 Å². The molecule has 0 bridgehead atoms. The Labute approximate surface area is 368 Å². The lowest BCUT2D eigenvalue weighted by Gasteiger charge is -2.40. The molecular formula is C51H95NO8. The van der Waals surface area contributed by atoms with Gasteiger partial charge in [-0.25, -0.2) is 0 Å². The van der Waals surface area contributed by atoms with Crippen LogP contribution in [0.4, 0.5) is 0 Å². The van der Waals surface area contributed by atoms with Gasteiger partial charge in [-0.05, 0) is 44.9 Å². The van der Waals surface area contributed by atoms with Gasteiger partial charge in [0, 0.05) is 6.42 Å². The maximum atomic E-state index is 13.0. The van der Waals surface area contributed by atoms with Gasteiger partial charge >= 0.3 is 0 Å². The van der Waals surface area contributed by atoms with E-state index in [0.29, 0.717) is 6.42 Å². The van der Waals surface area contributed by atoms with Crippen LogP contribution in [-0.2, 0) is 14.3 Å². The SMILES string of the molecule is CCCCCCCC/C=C/CC/C=C/CC/C=C/C(O)C(COC1OC(CO)C(O)C(O)C1O)NC(=O)CCCCCCCCCCCCCCCCCCCCCCC. The molecule has 60 heavy (non-hydrogen) atoms. The Balaban J connectivity index is 2.31. The van der Waals surface area contributed by atoms with Crippen molar-refractivity contribution in [3.8, 4) is 0 Å². The van der Waals surface area contributed by atoms with Crippen LogP contribution in [0.25, 0.3) is 0 Å². The number of hydrogen-bond donors (Lipinski definition) is 6. The zero-order chi connectivity index (χ0) is 43.7. The predicted octanol–water partition coefficient (Wildman–Crippen LogP) is 11.2. The lowest BCUT2D eigenvalue weighted by molar-refractivity contribution is -0.302. The number of allylic oxidation sites excluding steroid dienone is 5. The molecule has 9 heteroatoms. The quantitative estimate of drug-likeness (QED) is 0.0263. The highest BCUT2D eigenvalue weighted by Crippen LogP contribution is 2.23. The van der Waals surface area contributed by atoms with Gasteiger partial charge in [-0.3, -0.25) is 4.79 Å². The van der Waals surface area contributed by atoms with Gasteiger partial charge in [0.1, 0.15) is 24.4 Å². The zero-order valence-corrected chi connectivity index (χ0v) is 38.7. The molecular weight excluding hydrogens is 755 g/mol. The van der Waals surface area contributed by atoms with Crippen molar-refractivity contribution in [3.63, 3.8) is 0 Å². The van der Waals surface area contributed by atoms with Crippen molar-refractivity contribution in [1.29, 1.82) is 0 Å². The van der Waals surface area contributed by atoms with Crippen molar-refractivity contribution in [3.05, 3.63) is 36.5 Å². The van der Waals surface area contributed by atoms with Gasteiger partial charge in [-0.2, -0.15) is 0 Å². The minimum Gasteiger partial charge on any atom is -0.394 e. The van der Waals surface area contributed by atoms with Crippen LogP contribution in [0, 0.1) is 0 Å². The summed E-state index contributed by atoms with van der Waals surface area (Å²) in [5.74, 6) is -0.188. The number of nitrogens with one attached hydrogen (secondary N) is 1. The van der Waals surface area contributed by atoms with Crippen LogP contribution in [0.2, 0.25) is 0 Å². The van der Waals surface area contributed by atoms with E-state index in [1.165, 1.54) is 154 Å². The van der Waals surface area contributed by atoms with Gasteiger partial charge in [0.15, 0.2) is 6.29 Å². The summed E-state index contributed by atoms with van der Waals surface area (Å²) < 4.78 is 11.2. The van der Waals surface area contributed by atoms with Crippen LogP contribution in [0.5, 0.6) is 0 Å². The van der Waals surface area contributed by atoms with Crippen molar-refractivity contribution in [1.82, 2.24) is 5.32 Å². The molecule has 0 radical (unpaired) electrons. The van der Waals surface area contributed by atoms with E-state index in [1.807, 2.05) is 6.08 Å². The Morgan fingerprint density at radius 2 is 0.950 bits per heavy atom. The van der Waals surface area contributed by atoms with E-state index in [0.717, 1.165) is 51.4 Å². The van der Waals surface area contributed by atoms with E-state index < -0.39 is 49.5 Å². The maximum absolute atomic E-state index is 13.0. The summed E-state index contributed by atoms with van der Waals surface area (Å²) in [6, 6.07) is -0.824. The molecule has 6 N–H and O–H groups in total. The summed E-state index contributed by atoms with van der Waals surface area (Å²) >= 11 is 0. The largest absolute Gasteiger partial charge is 0.394 e. The Morgan fingerprint density at radius 1 is 0.550 bits per heavy atom. The lowest BCUT2D eigenvalue weighted by atomic mass is 9.99. The topological polar surface area (TPSA) is 149 Å². The normalized spacial score (nSPS) is 20.8. The number of rotatable bonds is 42. The maximum Gasteiger partial charge on any atom is 0.220 e. The van der Waals surface area contributed by atoms with Crippen LogP contribution >= 0.6 is 0 Å². The number of aliphatic hydroxyl groups is 5. The molecule has 1 heterocycles. The standard InChI is InChI=1S/C51H95NO8/c1-3-5-7-9-11-13-15-17-19-21-22-23-24-25-27-29-31-33-35-37-39-41-47(55)52-44(43-59-51-50(58)49(57)48(56)46(42-53)60-51)45(54)40-38-36-34-32-30-28-26-20-18-16-14-12-10-8-6-4-2/h18,20,30,32,38,40,44-46,48-51,53-54,56-58H,3-17,19,21-29,31,33-37,39,41-43H2,1-2H3,(H,52,55)/b20-18+,32-30+,40-38+. The number of aliphatic hydroxyl groups excluding tert-OH is 5. The van der Waals surface area contributed by atoms with Crippen molar-refractivity contribution < 1.29 is 39.8 Å². The third kappa shape index (κ3) is 31.3. The molecule has 0 aromatic rings. The van der Waals surface area contributed by atoms with Crippen LogP contribution < -0.4 is 5.32 Å². The fraction of sp³-hybridized carbons (Fsp3) is 0.863. The molecule has 0 spiro atoms. The molecule has 0 aliphatic carbocycles. The smallest absolute Gasteiger partial charge is 0.220 e. The number of carbonyl (C=O) groups is 1. The second-order valence-electron chi connectivity index (χ2n) is 17.6. The number of ether oxygens (including phenoxy) is 2. The summed E-state index contributed by atoms with van der Waals surface area (Å²) in [6.45, 7) is 3.76. The van der Waals surface area contributed by atoms with E-state index in [4.69, 9.17) is 9.47 Å². The summed E-state index contributed by atoms with van der Waals surface area (Å²) in [5.41, 5.74) is 0. The van der Waals surface area contributed by atoms with Crippen LogP contribution in [-0.4, -0.2) is 87.5 Å². The average Bonchev–Trinajstić information content (AvgIpc) is 3.25. The zero-order valence-electron chi connectivity index (χ0n) is 38.7. The van der Waals surface area contributed by atoms with Gasteiger partial charge < -0.3 is 40.3 Å². The highest BCUT2D eigenvalue weighted by Gasteiger charge is 2.44. The second-order valence-corrected chi connectivity index (χ2v) is 17.6. The Hall–Kier alpha value is -1.59. The number of unbranched alkanes of at least 4 members (excludes halogenated alkanes) is 28. The van der Waals surface area contributed by atoms with E-state index >= 15 is 0 Å². The summed E-state index contributed by atoms with van der Waals surface area (Å²) in [4.78, 5) is 13.0. The fourth-order valence-electron chi connectivity index (χ4n) is 7.89. The molecule has 0 aromatic carbocycles. The lowest BCUT2D eigenvalue weighted by Crippen LogP contribution is -2.60. The van der Waals surface area contributed by atoms with E-state index in [-0.39, 0.29) is 12.5 Å². The number of hydrogen-bond acceptors (Lipinski definition) is 8. The number of amides is 1. The molecule has 7 unspecified atom stereocenters. The summed E-state index contributed by atoms with van der Waals surface area (Å²) in [6.07, 6.45) is 44.8. The van der Waals surface area contributed by atoms with Crippen molar-refractivity contribution >= 4 is 5.91 Å². The molecule has 1 rings (SSSR count). The minimum atomic E-state index is -1.57. The molecule has 1 aliphatic heterocycles. The third-order valence-corrected chi connectivity index (χ3v) is 11.9. The average molecular weight is 850 g/mol. The molecule has 1 aliphatic rings. The number of carbonyl (C=O) groups excluding carboxylic acids is 1. The second kappa shape index (κ2) is 41.4. The van der Waals surface area contributed by atoms with Gasteiger partial charge in [0.25, 0.3) is 0 Å². The molecule has 1 fully saturated rings. The first-order chi connectivity index (χ1) is 29.3. The van der Waals surface area contributed by atoms with E-state index in [2.05, 4.69) is 43.5 Å². The van der Waals surface area contributed by atoms with E-state index in [9.17, 15) is 30.3 Å². The molecule has 1 amide bonds. The highest BCUT2D eigenvalue weighted by molar-refractivity contribution is 5.76. The predicted molar refractivity (Wildman–Crippen MR) is 249 cm³/mol. The Morgan fingerprint density at radius 3 is 1.40 bits per heavy atom. The first-order valence-corrected chi connectivity index (χ1v) is 25.2. The van der Waals surface area contributed by atoms with E-state index in [1.54, 1.807) is 6.08 Å². The van der Waals surface area contributed by atoms with Crippen LogP contribution in [0.15, 0.2) is 36.5 Å². The molecule has 352 valence electrons. The first-order valence-electron chi connectivity index (χ1n) is 25.2. The molecule has 7 atom stereocenters. The van der Waals surface area contributed by atoms with Gasteiger partial charge in [-0.1, -0.05) is 211 Å². The summed E-state index contributed by atoms with van der Waals surface area (Å²) in [7, 11) is 0. The van der Waals surface area contributed by atoms with Crippen LogP contribution in [0.3, 0.4) is 0 Å². The third-order valence-electron chi connectivity index (χ3n) is 11.9. The molecule has 9 nitrogen and oxygen atoms in total. The molecule has 1 saturated heterocycles. The van der Waals surface area contributed by atoms with Gasteiger partial charge in [-0.15, -0.1) is 0 Å². The summed E-state index contributed by atoms with van der Waals surface area (Å²) in [5, 5.41) is 54.3.